The molecule has 2 heterocycles. The summed E-state index contributed by atoms with van der Waals surface area (Å²) in [6.45, 7) is 0.865. The van der Waals surface area contributed by atoms with Crippen LogP contribution in [-0.4, -0.2) is 42.7 Å². The summed E-state index contributed by atoms with van der Waals surface area (Å²) in [6.07, 6.45) is 10.4. The number of nitrogens with zero attached hydrogens (tertiary/aromatic N) is 3. The highest BCUT2D eigenvalue weighted by Crippen LogP contribution is 2.26. The Morgan fingerprint density at radius 1 is 1.03 bits per heavy atom. The second-order valence-electron chi connectivity index (χ2n) is 7.80. The molecule has 2 N–H and O–H groups in total. The van der Waals surface area contributed by atoms with Crippen LogP contribution in [0.4, 0.5) is 11.8 Å². The van der Waals surface area contributed by atoms with Gasteiger partial charge in [-0.2, -0.15) is 4.98 Å². The van der Waals surface area contributed by atoms with Crippen molar-refractivity contribution in [3.8, 4) is 0 Å². The van der Waals surface area contributed by atoms with Gasteiger partial charge in [0.1, 0.15) is 11.6 Å². The van der Waals surface area contributed by atoms with Crippen molar-refractivity contribution >= 4 is 28.7 Å². The quantitative estimate of drug-likeness (QED) is 0.625. The third kappa shape index (κ3) is 4.95. The molecule has 0 unspecified atom stereocenters. The maximum Gasteiger partial charge on any atom is 0.225 e. The Hall–Kier alpha value is -2.86. The highest BCUT2D eigenvalue weighted by atomic mass is 16.3. The molecule has 0 radical (unpaired) electrons. The normalized spacial score (nSPS) is 19.7. The van der Waals surface area contributed by atoms with E-state index < -0.39 is 0 Å². The average molecular weight is 392 g/mol. The Labute approximate surface area is 172 Å². The van der Waals surface area contributed by atoms with Crippen molar-refractivity contribution in [2.24, 2.45) is 0 Å². The minimum absolute atomic E-state index is 0.419. The number of nitrogens with one attached hydrogen (secondary N) is 2. The number of rotatable bonds is 7. The summed E-state index contributed by atoms with van der Waals surface area (Å²) in [4.78, 5) is 11.6. The molecule has 1 aliphatic rings. The van der Waals surface area contributed by atoms with Crippen molar-refractivity contribution < 1.29 is 4.42 Å². The van der Waals surface area contributed by atoms with Crippen LogP contribution in [0.5, 0.6) is 0 Å². The highest BCUT2D eigenvalue weighted by Gasteiger charge is 2.21. The molecule has 1 aromatic carbocycles. The number of para-hydroxylation sites is 1. The Kier molecular flexibility index (Phi) is 6.10. The third-order valence-electron chi connectivity index (χ3n) is 5.42. The van der Waals surface area contributed by atoms with E-state index in [9.17, 15) is 0 Å². The molecule has 6 nitrogen and oxygen atoms in total. The number of aromatic nitrogens is 2. The zero-order chi connectivity index (χ0) is 20.1. The SMILES string of the molecule is CN(C)c1nc(NC2CCC(NCC=Cc3ccco3)CC2)nc2ccccc12. The van der Waals surface area contributed by atoms with Crippen LogP contribution in [0.1, 0.15) is 31.4 Å². The Morgan fingerprint density at radius 3 is 2.59 bits per heavy atom. The van der Waals surface area contributed by atoms with E-state index in [0.29, 0.717) is 12.1 Å². The molecule has 0 bridgehead atoms. The number of anilines is 2. The fourth-order valence-corrected chi connectivity index (χ4v) is 3.89. The predicted octanol–water partition coefficient (Wildman–Crippen LogP) is 4.31. The Bertz CT molecular complexity index is 943. The van der Waals surface area contributed by atoms with E-state index in [0.717, 1.165) is 60.7 Å². The first-order chi connectivity index (χ1) is 14.2. The lowest BCUT2D eigenvalue weighted by Crippen LogP contribution is -2.37. The van der Waals surface area contributed by atoms with Gasteiger partial charge in [0.25, 0.3) is 0 Å². The molecule has 1 fully saturated rings. The van der Waals surface area contributed by atoms with Crippen molar-refractivity contribution in [3.63, 3.8) is 0 Å². The second-order valence-corrected chi connectivity index (χ2v) is 7.80. The largest absolute Gasteiger partial charge is 0.465 e. The van der Waals surface area contributed by atoms with Crippen LogP contribution in [0.15, 0.2) is 53.2 Å². The summed E-state index contributed by atoms with van der Waals surface area (Å²) in [5.41, 5.74) is 0.979. The Morgan fingerprint density at radius 2 is 1.83 bits per heavy atom. The zero-order valence-corrected chi connectivity index (χ0v) is 17.1. The lowest BCUT2D eigenvalue weighted by Gasteiger charge is -2.29. The van der Waals surface area contributed by atoms with Crippen LogP contribution < -0.4 is 15.5 Å². The van der Waals surface area contributed by atoms with Gasteiger partial charge in [-0.05, 0) is 56.0 Å². The monoisotopic (exact) mass is 391 g/mol. The third-order valence-corrected chi connectivity index (χ3v) is 5.42. The number of hydrogen-bond donors (Lipinski definition) is 2. The van der Waals surface area contributed by atoms with Gasteiger partial charge in [0, 0.05) is 38.1 Å². The van der Waals surface area contributed by atoms with Crippen LogP contribution >= 0.6 is 0 Å². The molecule has 0 aliphatic heterocycles. The van der Waals surface area contributed by atoms with E-state index in [1.54, 1.807) is 6.26 Å². The van der Waals surface area contributed by atoms with Crippen molar-refractivity contribution in [1.29, 1.82) is 0 Å². The molecule has 0 saturated heterocycles. The molecule has 0 amide bonds. The lowest BCUT2D eigenvalue weighted by molar-refractivity contribution is 0.363. The number of benzene rings is 1. The molecule has 4 rings (SSSR count). The topological polar surface area (TPSA) is 66.2 Å². The predicted molar refractivity (Wildman–Crippen MR) is 119 cm³/mol. The molecular weight excluding hydrogens is 362 g/mol. The second kappa shape index (κ2) is 9.09. The van der Waals surface area contributed by atoms with Crippen LogP contribution in [0.25, 0.3) is 17.0 Å². The van der Waals surface area contributed by atoms with Gasteiger partial charge in [-0.1, -0.05) is 18.2 Å². The van der Waals surface area contributed by atoms with Crippen LogP contribution in [-0.2, 0) is 0 Å². The fourth-order valence-electron chi connectivity index (χ4n) is 3.89. The molecular formula is C23H29N5O. The summed E-state index contributed by atoms with van der Waals surface area (Å²) >= 11 is 0. The van der Waals surface area contributed by atoms with E-state index >= 15 is 0 Å². The van der Waals surface area contributed by atoms with Crippen molar-refractivity contribution in [3.05, 3.63) is 54.5 Å². The van der Waals surface area contributed by atoms with Crippen molar-refractivity contribution in [2.45, 2.75) is 37.8 Å². The van der Waals surface area contributed by atoms with E-state index in [1.807, 2.05) is 55.4 Å². The molecule has 0 atom stereocenters. The average Bonchev–Trinajstić information content (AvgIpc) is 3.25. The standard InChI is InChI=1S/C23H29N5O/c1-28(2)22-20-9-3-4-10-21(20)26-23(27-22)25-18-13-11-17(12-14-18)24-15-5-7-19-8-6-16-29-19/h3-10,16-18,24H,11-15H2,1-2H3,(H,25,26,27). The van der Waals surface area contributed by atoms with Crippen molar-refractivity contribution in [1.82, 2.24) is 15.3 Å². The van der Waals surface area contributed by atoms with Crippen molar-refractivity contribution in [2.75, 3.05) is 30.9 Å². The summed E-state index contributed by atoms with van der Waals surface area (Å²) in [5, 5.41) is 8.28. The molecule has 1 aliphatic carbocycles. The first-order valence-electron chi connectivity index (χ1n) is 10.3. The summed E-state index contributed by atoms with van der Waals surface area (Å²) in [7, 11) is 4.05. The maximum absolute atomic E-state index is 5.31. The van der Waals surface area contributed by atoms with Gasteiger partial charge in [0.2, 0.25) is 5.95 Å². The minimum Gasteiger partial charge on any atom is -0.465 e. The number of furan rings is 1. The number of fused-ring (bicyclic) bond motifs is 1. The molecule has 152 valence electrons. The molecule has 3 aromatic rings. The molecule has 0 spiro atoms. The summed E-state index contributed by atoms with van der Waals surface area (Å²) in [6, 6.07) is 13.0. The van der Waals surface area contributed by atoms with Gasteiger partial charge in [-0.3, -0.25) is 0 Å². The van der Waals surface area contributed by atoms with E-state index in [1.165, 1.54) is 0 Å². The first kappa shape index (κ1) is 19.5. The first-order valence-corrected chi connectivity index (χ1v) is 10.3. The minimum atomic E-state index is 0.419. The molecule has 29 heavy (non-hydrogen) atoms. The maximum atomic E-state index is 5.31. The van der Waals surface area contributed by atoms with Gasteiger partial charge in [-0.15, -0.1) is 0 Å². The molecule has 1 saturated carbocycles. The summed E-state index contributed by atoms with van der Waals surface area (Å²) in [5.74, 6) is 2.58. The van der Waals surface area contributed by atoms with Gasteiger partial charge in [-0.25, -0.2) is 4.98 Å². The van der Waals surface area contributed by atoms with Crippen LogP contribution in [0, 0.1) is 0 Å². The zero-order valence-electron chi connectivity index (χ0n) is 17.1. The molecule has 2 aromatic heterocycles. The van der Waals surface area contributed by atoms with E-state index in [4.69, 9.17) is 14.4 Å². The van der Waals surface area contributed by atoms with Gasteiger partial charge < -0.3 is 20.0 Å². The number of hydrogen-bond acceptors (Lipinski definition) is 6. The van der Waals surface area contributed by atoms with Crippen LogP contribution in [0.2, 0.25) is 0 Å². The van der Waals surface area contributed by atoms with E-state index in [-0.39, 0.29) is 0 Å². The van der Waals surface area contributed by atoms with Gasteiger partial charge >= 0.3 is 0 Å². The van der Waals surface area contributed by atoms with E-state index in [2.05, 4.69) is 22.8 Å². The highest BCUT2D eigenvalue weighted by molar-refractivity contribution is 5.90. The smallest absolute Gasteiger partial charge is 0.225 e. The van der Waals surface area contributed by atoms with Crippen LogP contribution in [0.3, 0.4) is 0 Å². The molecule has 6 heteroatoms. The van der Waals surface area contributed by atoms with Gasteiger partial charge in [0.05, 0.1) is 11.8 Å². The summed E-state index contributed by atoms with van der Waals surface area (Å²) < 4.78 is 5.31. The van der Waals surface area contributed by atoms with Gasteiger partial charge in [0.15, 0.2) is 0 Å². The fraction of sp³-hybridized carbons (Fsp3) is 0.391. The lowest BCUT2D eigenvalue weighted by atomic mass is 9.91. The Balaban J connectivity index is 1.30.